The van der Waals surface area contributed by atoms with Crippen LogP contribution in [0, 0.1) is 0 Å². The van der Waals surface area contributed by atoms with E-state index < -0.39 is 0 Å². The van der Waals surface area contributed by atoms with Crippen LogP contribution in [0.1, 0.15) is 0 Å². The number of fused-ring (bicyclic) bond motifs is 1. The SMILES string of the molecule is CO[C@H]1O[C@@H]2C[Se][C@@H]2[C@H]1O. The monoisotopic (exact) mass is 210 g/mol. The van der Waals surface area contributed by atoms with Crippen molar-refractivity contribution in [3.05, 3.63) is 0 Å². The summed E-state index contributed by atoms with van der Waals surface area (Å²) in [4.78, 5) is 0.414. The quantitative estimate of drug-likeness (QED) is 0.599. The zero-order valence-electron chi connectivity index (χ0n) is 5.69. The Labute approximate surface area is 65.9 Å². The van der Waals surface area contributed by atoms with Crippen molar-refractivity contribution in [3.8, 4) is 0 Å². The molecular formula is C6H10O3Se. The molecule has 2 saturated heterocycles. The molecule has 2 fully saturated rings. The number of hydrogen-bond acceptors (Lipinski definition) is 3. The molecule has 4 heteroatoms. The molecule has 1 N–H and O–H groups in total. The maximum absolute atomic E-state index is 9.44. The van der Waals surface area contributed by atoms with Crippen molar-refractivity contribution >= 4 is 15.0 Å². The number of rotatable bonds is 1. The van der Waals surface area contributed by atoms with Crippen LogP contribution in [0.15, 0.2) is 0 Å². The summed E-state index contributed by atoms with van der Waals surface area (Å²) in [7, 11) is 1.58. The van der Waals surface area contributed by atoms with E-state index in [9.17, 15) is 5.11 Å². The van der Waals surface area contributed by atoms with Gasteiger partial charge in [0.2, 0.25) is 0 Å². The summed E-state index contributed by atoms with van der Waals surface area (Å²) >= 11 is 0.595. The van der Waals surface area contributed by atoms with Crippen LogP contribution in [-0.4, -0.2) is 45.7 Å². The van der Waals surface area contributed by atoms with E-state index in [4.69, 9.17) is 9.47 Å². The Balaban J connectivity index is 2.02. The van der Waals surface area contributed by atoms with Gasteiger partial charge in [0, 0.05) is 0 Å². The summed E-state index contributed by atoms with van der Waals surface area (Å²) in [6.07, 6.45) is -0.400. The first-order valence-electron chi connectivity index (χ1n) is 3.31. The molecule has 3 nitrogen and oxygen atoms in total. The molecular weight excluding hydrogens is 199 g/mol. The van der Waals surface area contributed by atoms with Gasteiger partial charge >= 0.3 is 65.3 Å². The standard InChI is InChI=1S/C6H10O3Se/c1-8-6-4(7)5-3(9-6)2-10-5/h3-7H,2H2,1H3/t3-,4-,5+,6+/m1/s1. The van der Waals surface area contributed by atoms with Crippen LogP contribution in [0.5, 0.6) is 0 Å². The van der Waals surface area contributed by atoms with Gasteiger partial charge in [-0.25, -0.2) is 0 Å². The maximum atomic E-state index is 9.44. The van der Waals surface area contributed by atoms with Crippen LogP contribution in [0.3, 0.4) is 0 Å². The number of aliphatic hydroxyl groups is 1. The molecule has 2 aliphatic rings. The van der Waals surface area contributed by atoms with Crippen molar-refractivity contribution in [1.29, 1.82) is 0 Å². The fraction of sp³-hybridized carbons (Fsp3) is 1.00. The number of ether oxygens (including phenoxy) is 2. The number of methoxy groups -OCH3 is 1. The predicted octanol–water partition coefficient (Wildman–Crippen LogP) is -0.357. The van der Waals surface area contributed by atoms with Crippen molar-refractivity contribution < 1.29 is 14.6 Å². The van der Waals surface area contributed by atoms with E-state index in [0.29, 0.717) is 25.9 Å². The second-order valence-electron chi connectivity index (χ2n) is 2.57. The van der Waals surface area contributed by atoms with Crippen LogP contribution in [0.4, 0.5) is 0 Å². The summed E-state index contributed by atoms with van der Waals surface area (Å²) in [5.41, 5.74) is 0. The van der Waals surface area contributed by atoms with E-state index in [-0.39, 0.29) is 12.4 Å². The van der Waals surface area contributed by atoms with Crippen LogP contribution >= 0.6 is 0 Å². The van der Waals surface area contributed by atoms with Gasteiger partial charge in [-0.3, -0.25) is 0 Å². The Morgan fingerprint density at radius 1 is 1.70 bits per heavy atom. The van der Waals surface area contributed by atoms with Gasteiger partial charge in [-0.2, -0.15) is 0 Å². The van der Waals surface area contributed by atoms with Crippen LogP contribution in [0.2, 0.25) is 10.1 Å². The number of aliphatic hydroxyl groups excluding tert-OH is 1. The second kappa shape index (κ2) is 2.47. The Bertz CT molecular complexity index is 141. The first-order chi connectivity index (χ1) is 4.83. The summed E-state index contributed by atoms with van der Waals surface area (Å²) in [5, 5.41) is 10.6. The molecule has 0 saturated carbocycles. The van der Waals surface area contributed by atoms with E-state index in [1.165, 1.54) is 0 Å². The molecule has 0 spiro atoms. The van der Waals surface area contributed by atoms with E-state index in [0.717, 1.165) is 5.32 Å². The third-order valence-electron chi connectivity index (χ3n) is 1.98. The summed E-state index contributed by atoms with van der Waals surface area (Å²) < 4.78 is 10.3. The van der Waals surface area contributed by atoms with Crippen molar-refractivity contribution in [3.63, 3.8) is 0 Å². The van der Waals surface area contributed by atoms with E-state index in [1.54, 1.807) is 7.11 Å². The predicted molar refractivity (Wildman–Crippen MR) is 36.0 cm³/mol. The third kappa shape index (κ3) is 0.840. The summed E-state index contributed by atoms with van der Waals surface area (Å²) in [6, 6.07) is 0. The average Bonchev–Trinajstić information content (AvgIpc) is 2.05. The van der Waals surface area contributed by atoms with Crippen molar-refractivity contribution in [2.24, 2.45) is 0 Å². The normalized spacial score (nSPS) is 52.2. The molecule has 0 unspecified atom stereocenters. The van der Waals surface area contributed by atoms with E-state index in [2.05, 4.69) is 0 Å². The van der Waals surface area contributed by atoms with E-state index >= 15 is 0 Å². The molecule has 10 heavy (non-hydrogen) atoms. The fourth-order valence-corrected chi connectivity index (χ4v) is 3.51. The van der Waals surface area contributed by atoms with Crippen molar-refractivity contribution in [2.75, 3.05) is 7.11 Å². The Kier molecular flexibility index (Phi) is 1.74. The molecule has 2 heterocycles. The van der Waals surface area contributed by atoms with Crippen molar-refractivity contribution in [1.82, 2.24) is 0 Å². The third-order valence-corrected chi connectivity index (χ3v) is 5.10. The first kappa shape index (κ1) is 7.07. The van der Waals surface area contributed by atoms with Gasteiger partial charge in [-0.05, 0) is 0 Å². The molecule has 0 aromatic rings. The minimum absolute atomic E-state index is 0.306. The molecule has 4 atom stereocenters. The average molecular weight is 209 g/mol. The van der Waals surface area contributed by atoms with Crippen LogP contribution in [0.25, 0.3) is 0 Å². The Morgan fingerprint density at radius 2 is 2.50 bits per heavy atom. The van der Waals surface area contributed by atoms with Gasteiger partial charge in [0.25, 0.3) is 0 Å². The van der Waals surface area contributed by atoms with E-state index in [1.807, 2.05) is 0 Å². The first-order valence-corrected chi connectivity index (χ1v) is 5.51. The molecule has 0 aliphatic carbocycles. The molecule has 2 aliphatic heterocycles. The zero-order chi connectivity index (χ0) is 7.14. The molecule has 0 radical (unpaired) electrons. The van der Waals surface area contributed by atoms with Crippen molar-refractivity contribution in [2.45, 2.75) is 28.6 Å². The zero-order valence-corrected chi connectivity index (χ0v) is 7.40. The molecule has 0 bridgehead atoms. The Morgan fingerprint density at radius 3 is 2.80 bits per heavy atom. The Hall–Kier alpha value is 0.399. The van der Waals surface area contributed by atoms with Crippen LogP contribution in [-0.2, 0) is 9.47 Å². The molecule has 0 aromatic carbocycles. The molecule has 0 amide bonds. The molecule has 58 valence electrons. The molecule has 0 aromatic heterocycles. The minimum atomic E-state index is -0.358. The van der Waals surface area contributed by atoms with Gasteiger partial charge in [0.1, 0.15) is 0 Å². The number of hydrogen-bond donors (Lipinski definition) is 1. The topological polar surface area (TPSA) is 38.7 Å². The van der Waals surface area contributed by atoms with Gasteiger partial charge in [0.15, 0.2) is 0 Å². The summed E-state index contributed by atoms with van der Waals surface area (Å²) in [5.74, 6) is 0. The van der Waals surface area contributed by atoms with Gasteiger partial charge in [-0.15, -0.1) is 0 Å². The summed E-state index contributed by atoms with van der Waals surface area (Å²) in [6.45, 7) is 0. The van der Waals surface area contributed by atoms with Crippen LogP contribution < -0.4 is 0 Å². The fourth-order valence-electron chi connectivity index (χ4n) is 1.32. The second-order valence-corrected chi connectivity index (χ2v) is 5.11. The molecule has 2 rings (SSSR count). The van der Waals surface area contributed by atoms with Gasteiger partial charge < -0.3 is 0 Å². The van der Waals surface area contributed by atoms with Gasteiger partial charge in [0.05, 0.1) is 0 Å². The van der Waals surface area contributed by atoms with Gasteiger partial charge in [-0.1, -0.05) is 0 Å².